The lowest BCUT2D eigenvalue weighted by Gasteiger charge is -2.44. The number of nitrogens with one attached hydrogen (secondary N) is 1. The zero-order valence-corrected chi connectivity index (χ0v) is 14.4. The summed E-state index contributed by atoms with van der Waals surface area (Å²) in [6.07, 6.45) is 3.95. The number of hydrogen-bond acceptors (Lipinski definition) is 3. The number of aliphatic hydroxyl groups is 1. The summed E-state index contributed by atoms with van der Waals surface area (Å²) in [4.78, 5) is 2.32. The van der Waals surface area contributed by atoms with Crippen molar-refractivity contribution in [1.29, 1.82) is 0 Å². The first-order valence-corrected chi connectivity index (χ1v) is 8.34. The maximum absolute atomic E-state index is 9.33. The van der Waals surface area contributed by atoms with Crippen molar-refractivity contribution < 1.29 is 5.11 Å². The molecule has 0 aromatic carbocycles. The number of hydrogen-bond donors (Lipinski definition) is 2. The maximum Gasteiger partial charge on any atom is 0.0584 e. The van der Waals surface area contributed by atoms with Gasteiger partial charge < -0.3 is 15.3 Å². The molecule has 1 saturated carbocycles. The Labute approximate surface area is 126 Å². The average molecular weight is 284 g/mol. The smallest absolute Gasteiger partial charge is 0.0584 e. The van der Waals surface area contributed by atoms with E-state index in [-0.39, 0.29) is 12.6 Å². The van der Waals surface area contributed by atoms with Crippen LogP contribution in [0.3, 0.4) is 0 Å². The van der Waals surface area contributed by atoms with E-state index in [1.807, 2.05) is 0 Å². The molecule has 1 rings (SSSR count). The molecule has 4 atom stereocenters. The lowest BCUT2D eigenvalue weighted by Crippen LogP contribution is -2.48. The van der Waals surface area contributed by atoms with Gasteiger partial charge in [0.1, 0.15) is 0 Å². The van der Waals surface area contributed by atoms with Gasteiger partial charge in [0.25, 0.3) is 0 Å². The van der Waals surface area contributed by atoms with Crippen LogP contribution in [0.1, 0.15) is 53.9 Å². The van der Waals surface area contributed by atoms with E-state index < -0.39 is 0 Å². The average Bonchev–Trinajstić information content (AvgIpc) is 2.38. The predicted molar refractivity (Wildman–Crippen MR) is 86.9 cm³/mol. The molecule has 1 fully saturated rings. The fourth-order valence-electron chi connectivity index (χ4n) is 3.47. The van der Waals surface area contributed by atoms with Crippen LogP contribution in [-0.2, 0) is 0 Å². The predicted octanol–water partition coefficient (Wildman–Crippen LogP) is 2.74. The largest absolute Gasteiger partial charge is 0.395 e. The Kier molecular flexibility index (Phi) is 6.96. The Balaban J connectivity index is 2.68. The van der Waals surface area contributed by atoms with Gasteiger partial charge in [-0.25, -0.2) is 0 Å². The summed E-state index contributed by atoms with van der Waals surface area (Å²) in [6.45, 7) is 13.8. The maximum atomic E-state index is 9.33. The number of likely N-dealkylation sites (N-methyl/N-ethyl adjacent to an activating group) is 1. The van der Waals surface area contributed by atoms with E-state index in [0.29, 0.717) is 17.4 Å². The third-order valence-electron chi connectivity index (χ3n) is 5.21. The summed E-state index contributed by atoms with van der Waals surface area (Å²) in [7, 11) is 2.14. The molecule has 0 aromatic heterocycles. The van der Waals surface area contributed by atoms with Crippen LogP contribution in [0.15, 0.2) is 0 Å². The second-order valence-corrected chi connectivity index (χ2v) is 7.77. The van der Waals surface area contributed by atoms with Crippen LogP contribution >= 0.6 is 0 Å². The van der Waals surface area contributed by atoms with Crippen molar-refractivity contribution in [3.05, 3.63) is 0 Å². The van der Waals surface area contributed by atoms with Gasteiger partial charge in [0.2, 0.25) is 0 Å². The molecule has 0 saturated heterocycles. The molecule has 3 nitrogen and oxygen atoms in total. The summed E-state index contributed by atoms with van der Waals surface area (Å²) < 4.78 is 0. The molecule has 120 valence electrons. The van der Waals surface area contributed by atoms with Gasteiger partial charge in [-0.2, -0.15) is 0 Å². The summed E-state index contributed by atoms with van der Waals surface area (Å²) in [6, 6.07) is 0.902. The molecule has 20 heavy (non-hydrogen) atoms. The van der Waals surface area contributed by atoms with Crippen molar-refractivity contribution in [2.75, 3.05) is 26.7 Å². The van der Waals surface area contributed by atoms with Crippen LogP contribution in [0.2, 0.25) is 0 Å². The van der Waals surface area contributed by atoms with Gasteiger partial charge in [-0.15, -0.1) is 0 Å². The van der Waals surface area contributed by atoms with Crippen molar-refractivity contribution in [2.24, 2.45) is 17.3 Å². The van der Waals surface area contributed by atoms with Crippen LogP contribution in [-0.4, -0.2) is 48.8 Å². The first kappa shape index (κ1) is 17.9. The molecule has 0 radical (unpaired) electrons. The molecule has 2 N–H and O–H groups in total. The second-order valence-electron chi connectivity index (χ2n) is 7.77. The monoisotopic (exact) mass is 284 g/mol. The van der Waals surface area contributed by atoms with Crippen molar-refractivity contribution in [1.82, 2.24) is 10.2 Å². The standard InChI is InChI=1S/C17H36N2O/c1-7-18-16-9-8-15(17(3,4)5)10-14(16)11-19(6)13(2)12-20/h13-16,18,20H,7-12H2,1-6H3. The minimum Gasteiger partial charge on any atom is -0.395 e. The Bertz CT molecular complexity index is 275. The van der Waals surface area contributed by atoms with E-state index in [4.69, 9.17) is 0 Å². The summed E-state index contributed by atoms with van der Waals surface area (Å²) >= 11 is 0. The van der Waals surface area contributed by atoms with Gasteiger partial charge >= 0.3 is 0 Å². The SMILES string of the molecule is CCNC1CCC(C(C)(C)C)CC1CN(C)C(C)CO. The molecule has 1 aliphatic carbocycles. The molecule has 0 heterocycles. The molecule has 0 aromatic rings. The molecule has 0 spiro atoms. The molecular formula is C17H36N2O. The summed E-state index contributed by atoms with van der Waals surface area (Å²) in [5.74, 6) is 1.52. The third kappa shape index (κ3) is 5.01. The summed E-state index contributed by atoms with van der Waals surface area (Å²) in [5.41, 5.74) is 0.413. The highest BCUT2D eigenvalue weighted by atomic mass is 16.3. The number of nitrogens with zero attached hydrogens (tertiary/aromatic N) is 1. The van der Waals surface area contributed by atoms with Crippen molar-refractivity contribution in [3.8, 4) is 0 Å². The van der Waals surface area contributed by atoms with Crippen LogP contribution < -0.4 is 5.32 Å². The van der Waals surface area contributed by atoms with Crippen LogP contribution in [0.25, 0.3) is 0 Å². The van der Waals surface area contributed by atoms with E-state index >= 15 is 0 Å². The fraction of sp³-hybridized carbons (Fsp3) is 1.00. The molecule has 0 bridgehead atoms. The lowest BCUT2D eigenvalue weighted by atomic mass is 9.67. The molecule has 3 heteroatoms. The highest BCUT2D eigenvalue weighted by Crippen LogP contribution is 2.40. The van der Waals surface area contributed by atoms with Crippen LogP contribution in [0, 0.1) is 17.3 Å². The topological polar surface area (TPSA) is 35.5 Å². The van der Waals surface area contributed by atoms with Gasteiger partial charge in [-0.05, 0) is 57.0 Å². The Morgan fingerprint density at radius 3 is 2.45 bits per heavy atom. The van der Waals surface area contributed by atoms with Crippen LogP contribution in [0.5, 0.6) is 0 Å². The first-order chi connectivity index (χ1) is 9.29. The fourth-order valence-corrected chi connectivity index (χ4v) is 3.47. The highest BCUT2D eigenvalue weighted by molar-refractivity contribution is 4.90. The minimum atomic E-state index is 0.248. The van der Waals surface area contributed by atoms with Gasteiger partial charge in [-0.1, -0.05) is 27.7 Å². The molecule has 0 aliphatic heterocycles. The Hall–Kier alpha value is -0.120. The summed E-state index contributed by atoms with van der Waals surface area (Å²) in [5, 5.41) is 13.0. The van der Waals surface area contributed by atoms with E-state index in [0.717, 1.165) is 19.0 Å². The molecule has 1 aliphatic rings. The Morgan fingerprint density at radius 2 is 1.95 bits per heavy atom. The number of rotatable bonds is 6. The van der Waals surface area contributed by atoms with Crippen molar-refractivity contribution >= 4 is 0 Å². The minimum absolute atomic E-state index is 0.248. The zero-order valence-electron chi connectivity index (χ0n) is 14.4. The van der Waals surface area contributed by atoms with Gasteiger partial charge in [0.05, 0.1) is 6.61 Å². The number of aliphatic hydroxyl groups excluding tert-OH is 1. The molecule has 0 amide bonds. The van der Waals surface area contributed by atoms with Crippen molar-refractivity contribution in [2.45, 2.75) is 66.0 Å². The van der Waals surface area contributed by atoms with Gasteiger partial charge in [0, 0.05) is 18.6 Å². The molecular weight excluding hydrogens is 248 g/mol. The molecule has 4 unspecified atom stereocenters. The Morgan fingerprint density at radius 1 is 1.30 bits per heavy atom. The lowest BCUT2D eigenvalue weighted by molar-refractivity contribution is 0.0738. The van der Waals surface area contributed by atoms with Crippen LogP contribution in [0.4, 0.5) is 0 Å². The van der Waals surface area contributed by atoms with Gasteiger partial charge in [0.15, 0.2) is 0 Å². The zero-order chi connectivity index (χ0) is 15.3. The quantitative estimate of drug-likeness (QED) is 0.787. The second kappa shape index (κ2) is 7.77. The van der Waals surface area contributed by atoms with E-state index in [9.17, 15) is 5.11 Å². The van der Waals surface area contributed by atoms with E-state index in [2.05, 4.69) is 51.9 Å². The highest BCUT2D eigenvalue weighted by Gasteiger charge is 2.36. The normalized spacial score (nSPS) is 29.7. The van der Waals surface area contributed by atoms with E-state index in [1.165, 1.54) is 19.3 Å². The van der Waals surface area contributed by atoms with E-state index in [1.54, 1.807) is 0 Å². The third-order valence-corrected chi connectivity index (χ3v) is 5.21. The van der Waals surface area contributed by atoms with Gasteiger partial charge in [-0.3, -0.25) is 0 Å². The van der Waals surface area contributed by atoms with Crippen molar-refractivity contribution in [3.63, 3.8) is 0 Å². The first-order valence-electron chi connectivity index (χ1n) is 8.34.